The van der Waals surface area contributed by atoms with E-state index in [0.29, 0.717) is 0 Å². The molecule has 1 aromatic rings. The van der Waals surface area contributed by atoms with Crippen LogP contribution in [0.25, 0.3) is 0 Å². The molecule has 0 saturated heterocycles. The zero-order chi connectivity index (χ0) is 9.80. The third kappa shape index (κ3) is 1.85. The highest BCUT2D eigenvalue weighted by Gasteiger charge is 2.14. The Hall–Kier alpha value is -1.15. The Bertz CT molecular complexity index is 349. The lowest BCUT2D eigenvalue weighted by molar-refractivity contribution is 0.357. The van der Waals surface area contributed by atoms with Crippen LogP contribution in [0, 0.1) is 0 Å². The van der Waals surface area contributed by atoms with Crippen LogP contribution in [0.4, 0.5) is 5.69 Å². The van der Waals surface area contributed by atoms with Gasteiger partial charge in [-0.1, -0.05) is 23.7 Å². The van der Waals surface area contributed by atoms with Gasteiger partial charge in [-0.05, 0) is 12.1 Å². The zero-order valence-electron chi connectivity index (χ0n) is 7.79. The van der Waals surface area contributed by atoms with Crippen molar-refractivity contribution in [2.24, 2.45) is 0 Å². The van der Waals surface area contributed by atoms with Crippen molar-refractivity contribution in [2.75, 3.05) is 18.5 Å². The number of nitrogens with one attached hydrogen (secondary N) is 1. The summed E-state index contributed by atoms with van der Waals surface area (Å²) >= 11 is 5.44. The van der Waals surface area contributed by atoms with E-state index in [1.165, 1.54) is 11.1 Å². The molecule has 1 aliphatic heterocycles. The summed E-state index contributed by atoms with van der Waals surface area (Å²) in [6.07, 6.45) is 2.86. The predicted molar refractivity (Wildman–Crippen MR) is 59.1 cm³/mol. The first kappa shape index (κ1) is 9.41. The molecule has 3 heteroatoms. The van der Waals surface area contributed by atoms with Gasteiger partial charge >= 0.3 is 0 Å². The highest BCUT2D eigenvalue weighted by molar-refractivity contribution is 6.25. The van der Waals surface area contributed by atoms with Gasteiger partial charge in [0.1, 0.15) is 5.75 Å². The number of hydrogen-bond donors (Lipinski definition) is 1. The molecule has 0 unspecified atom stereocenters. The maximum Gasteiger partial charge on any atom is 0.124 e. The second-order valence-corrected chi connectivity index (χ2v) is 3.38. The van der Waals surface area contributed by atoms with E-state index in [4.69, 9.17) is 16.3 Å². The summed E-state index contributed by atoms with van der Waals surface area (Å²) < 4.78 is 5.46. The van der Waals surface area contributed by atoms with Gasteiger partial charge in [0.25, 0.3) is 0 Å². The summed E-state index contributed by atoms with van der Waals surface area (Å²) in [5.41, 5.74) is 3.94. The summed E-state index contributed by atoms with van der Waals surface area (Å²) in [6, 6.07) is 6.07. The SMILES string of the molecule is Cl/C=C/CNc1cccc2c1CCO2. The van der Waals surface area contributed by atoms with Crippen molar-refractivity contribution in [3.8, 4) is 5.75 Å². The highest BCUT2D eigenvalue weighted by Crippen LogP contribution is 2.31. The molecular weight excluding hydrogens is 198 g/mol. The number of anilines is 1. The summed E-state index contributed by atoms with van der Waals surface area (Å²) in [5.74, 6) is 1.00. The van der Waals surface area contributed by atoms with Crippen LogP contribution in [0.1, 0.15) is 5.56 Å². The molecule has 0 saturated carbocycles. The van der Waals surface area contributed by atoms with Crippen molar-refractivity contribution in [1.82, 2.24) is 0 Å². The molecule has 2 rings (SSSR count). The van der Waals surface area contributed by atoms with Crippen LogP contribution in [0.3, 0.4) is 0 Å². The first-order valence-electron chi connectivity index (χ1n) is 4.65. The number of fused-ring (bicyclic) bond motifs is 1. The maximum atomic E-state index is 5.46. The van der Waals surface area contributed by atoms with Gasteiger partial charge in [0.05, 0.1) is 6.61 Å². The zero-order valence-corrected chi connectivity index (χ0v) is 8.55. The lowest BCUT2D eigenvalue weighted by Gasteiger charge is -2.07. The largest absolute Gasteiger partial charge is 0.493 e. The molecule has 1 heterocycles. The van der Waals surface area contributed by atoms with E-state index in [1.807, 2.05) is 18.2 Å². The number of hydrogen-bond acceptors (Lipinski definition) is 2. The smallest absolute Gasteiger partial charge is 0.124 e. The van der Waals surface area contributed by atoms with Crippen LogP contribution < -0.4 is 10.1 Å². The molecule has 0 spiro atoms. The molecule has 0 fully saturated rings. The van der Waals surface area contributed by atoms with Gasteiger partial charge in [-0.15, -0.1) is 0 Å². The van der Waals surface area contributed by atoms with E-state index in [2.05, 4.69) is 11.4 Å². The standard InChI is InChI=1S/C11H12ClNO/c12-6-2-7-13-10-3-1-4-11-9(10)5-8-14-11/h1-4,6,13H,5,7-8H2/b6-2+. The monoisotopic (exact) mass is 209 g/mol. The second-order valence-electron chi connectivity index (χ2n) is 3.12. The Labute approximate surface area is 88.5 Å². The quantitative estimate of drug-likeness (QED) is 0.827. The number of benzene rings is 1. The van der Waals surface area contributed by atoms with E-state index in [0.717, 1.165) is 31.0 Å². The van der Waals surface area contributed by atoms with Gasteiger partial charge in [-0.3, -0.25) is 0 Å². The minimum Gasteiger partial charge on any atom is -0.493 e. The summed E-state index contributed by atoms with van der Waals surface area (Å²) in [5, 5.41) is 3.29. The molecule has 0 aliphatic carbocycles. The molecule has 74 valence electrons. The molecule has 14 heavy (non-hydrogen) atoms. The molecule has 1 aliphatic rings. The van der Waals surface area contributed by atoms with Crippen LogP contribution >= 0.6 is 11.6 Å². The lowest BCUT2D eigenvalue weighted by atomic mass is 10.1. The first-order valence-corrected chi connectivity index (χ1v) is 5.09. The Morgan fingerprint density at radius 1 is 1.50 bits per heavy atom. The van der Waals surface area contributed by atoms with Gasteiger partial charge < -0.3 is 10.1 Å². The lowest BCUT2D eigenvalue weighted by Crippen LogP contribution is -2.00. The Balaban J connectivity index is 2.13. The average molecular weight is 210 g/mol. The topological polar surface area (TPSA) is 21.3 Å². The van der Waals surface area contributed by atoms with Gasteiger partial charge in [0.2, 0.25) is 0 Å². The van der Waals surface area contributed by atoms with Gasteiger partial charge in [-0.2, -0.15) is 0 Å². The van der Waals surface area contributed by atoms with Crippen molar-refractivity contribution < 1.29 is 4.74 Å². The molecule has 0 amide bonds. The normalized spacial score (nSPS) is 14.1. The molecule has 0 atom stereocenters. The maximum absolute atomic E-state index is 5.46. The van der Waals surface area contributed by atoms with Gasteiger partial charge in [-0.25, -0.2) is 0 Å². The number of halogens is 1. The van der Waals surface area contributed by atoms with E-state index in [1.54, 1.807) is 0 Å². The fourth-order valence-electron chi connectivity index (χ4n) is 1.60. The minimum atomic E-state index is 0.750. The first-order chi connectivity index (χ1) is 6.92. The summed E-state index contributed by atoms with van der Waals surface area (Å²) in [7, 11) is 0. The van der Waals surface area contributed by atoms with Crippen molar-refractivity contribution >= 4 is 17.3 Å². The molecule has 0 bridgehead atoms. The fraction of sp³-hybridized carbons (Fsp3) is 0.273. The van der Waals surface area contributed by atoms with Crippen molar-refractivity contribution in [2.45, 2.75) is 6.42 Å². The van der Waals surface area contributed by atoms with E-state index in [-0.39, 0.29) is 0 Å². The van der Waals surface area contributed by atoms with Gasteiger partial charge in [0.15, 0.2) is 0 Å². The Morgan fingerprint density at radius 3 is 3.29 bits per heavy atom. The average Bonchev–Trinajstić information content (AvgIpc) is 2.67. The van der Waals surface area contributed by atoms with Crippen LogP contribution in [0.2, 0.25) is 0 Å². The van der Waals surface area contributed by atoms with Crippen LogP contribution in [0.5, 0.6) is 5.75 Å². The molecule has 0 radical (unpaired) electrons. The second kappa shape index (κ2) is 4.38. The van der Waals surface area contributed by atoms with E-state index >= 15 is 0 Å². The molecule has 2 nitrogen and oxygen atoms in total. The third-order valence-corrected chi connectivity index (χ3v) is 2.42. The van der Waals surface area contributed by atoms with Crippen LogP contribution in [-0.4, -0.2) is 13.2 Å². The van der Waals surface area contributed by atoms with Crippen molar-refractivity contribution in [1.29, 1.82) is 0 Å². The van der Waals surface area contributed by atoms with Crippen LogP contribution in [0.15, 0.2) is 29.8 Å². The Kier molecular flexibility index (Phi) is 2.94. The van der Waals surface area contributed by atoms with Crippen LogP contribution in [-0.2, 0) is 6.42 Å². The Morgan fingerprint density at radius 2 is 2.43 bits per heavy atom. The molecular formula is C11H12ClNO. The van der Waals surface area contributed by atoms with Gasteiger partial charge in [0, 0.05) is 29.8 Å². The predicted octanol–water partition coefficient (Wildman–Crippen LogP) is 2.79. The van der Waals surface area contributed by atoms with Crippen molar-refractivity contribution in [3.05, 3.63) is 35.4 Å². The number of ether oxygens (including phenoxy) is 1. The fourth-order valence-corrected chi connectivity index (χ4v) is 1.69. The van der Waals surface area contributed by atoms with Crippen molar-refractivity contribution in [3.63, 3.8) is 0 Å². The highest BCUT2D eigenvalue weighted by atomic mass is 35.5. The molecule has 0 aromatic heterocycles. The van der Waals surface area contributed by atoms with E-state index in [9.17, 15) is 0 Å². The third-order valence-electron chi connectivity index (χ3n) is 2.24. The number of rotatable bonds is 3. The molecule has 1 aromatic carbocycles. The summed E-state index contributed by atoms with van der Waals surface area (Å²) in [4.78, 5) is 0. The van der Waals surface area contributed by atoms with E-state index < -0.39 is 0 Å². The molecule has 1 N–H and O–H groups in total. The minimum absolute atomic E-state index is 0.750. The summed E-state index contributed by atoms with van der Waals surface area (Å²) in [6.45, 7) is 1.54.